The maximum atomic E-state index is 12.8. The monoisotopic (exact) mass is 177 g/mol. The molecule has 0 saturated heterocycles. The van der Waals surface area contributed by atoms with Gasteiger partial charge < -0.3 is 10.2 Å². The van der Waals surface area contributed by atoms with Crippen molar-refractivity contribution >= 4 is 5.69 Å². The van der Waals surface area contributed by atoms with E-state index in [2.05, 4.69) is 0 Å². The van der Waals surface area contributed by atoms with Gasteiger partial charge in [-0.05, 0) is 17.7 Å². The minimum absolute atomic E-state index is 0.280. The quantitative estimate of drug-likeness (QED) is 0.727. The largest absolute Gasteiger partial charge is 0.470 e. The normalized spacial score (nSPS) is 10.2. The van der Waals surface area contributed by atoms with Gasteiger partial charge in [0.25, 0.3) is 0 Å². The van der Waals surface area contributed by atoms with Crippen LogP contribution in [-0.4, -0.2) is 0 Å². The van der Waals surface area contributed by atoms with Crippen LogP contribution in [0.1, 0.15) is 0 Å². The maximum absolute atomic E-state index is 12.8. The summed E-state index contributed by atoms with van der Waals surface area (Å²) in [7, 11) is 0. The minimum atomic E-state index is -0.280. The van der Waals surface area contributed by atoms with Gasteiger partial charge >= 0.3 is 0 Å². The number of nitrogens with two attached hydrogens (primary N) is 1. The van der Waals surface area contributed by atoms with Crippen molar-refractivity contribution < 1.29 is 8.81 Å². The second-order valence-corrected chi connectivity index (χ2v) is 2.75. The second-order valence-electron chi connectivity index (χ2n) is 2.75. The summed E-state index contributed by atoms with van der Waals surface area (Å²) in [6.45, 7) is 0. The molecule has 0 aliphatic heterocycles. The summed E-state index contributed by atoms with van der Waals surface area (Å²) in [6, 6.07) is 6.22. The molecular weight excluding hydrogens is 169 g/mol. The molecule has 2 aromatic rings. The molecule has 0 saturated carbocycles. The number of furan rings is 1. The number of benzene rings is 1. The van der Waals surface area contributed by atoms with Crippen LogP contribution in [0.25, 0.3) is 11.1 Å². The van der Waals surface area contributed by atoms with Gasteiger partial charge in [0.1, 0.15) is 18.3 Å². The molecule has 1 aromatic carbocycles. The molecule has 0 spiro atoms. The SMILES string of the molecule is Nc1cocc1-c1cccc(F)c1. The number of rotatable bonds is 1. The highest BCUT2D eigenvalue weighted by Gasteiger charge is 2.04. The van der Waals surface area contributed by atoms with Gasteiger partial charge in [-0.15, -0.1) is 0 Å². The minimum Gasteiger partial charge on any atom is -0.470 e. The summed E-state index contributed by atoms with van der Waals surface area (Å²) in [5.41, 5.74) is 7.58. The van der Waals surface area contributed by atoms with Crippen molar-refractivity contribution in [3.8, 4) is 11.1 Å². The Labute approximate surface area is 74.8 Å². The Bertz CT molecular complexity index is 422. The topological polar surface area (TPSA) is 39.2 Å². The first-order valence-electron chi connectivity index (χ1n) is 3.85. The molecular formula is C10H8FNO. The molecule has 0 aliphatic carbocycles. The van der Waals surface area contributed by atoms with E-state index in [0.29, 0.717) is 5.69 Å². The van der Waals surface area contributed by atoms with Crippen LogP contribution in [0, 0.1) is 5.82 Å². The smallest absolute Gasteiger partial charge is 0.123 e. The Morgan fingerprint density at radius 1 is 1.23 bits per heavy atom. The van der Waals surface area contributed by atoms with Gasteiger partial charge in [0.2, 0.25) is 0 Å². The fourth-order valence-corrected chi connectivity index (χ4v) is 1.20. The molecule has 0 amide bonds. The van der Waals surface area contributed by atoms with Crippen LogP contribution in [-0.2, 0) is 0 Å². The Kier molecular flexibility index (Phi) is 1.77. The molecule has 0 fully saturated rings. The summed E-state index contributed by atoms with van der Waals surface area (Å²) in [4.78, 5) is 0. The van der Waals surface area contributed by atoms with Gasteiger partial charge in [0, 0.05) is 5.56 Å². The Hall–Kier alpha value is -1.77. The first kappa shape index (κ1) is 7.86. The predicted octanol–water partition coefficient (Wildman–Crippen LogP) is 2.67. The number of halogens is 1. The molecule has 2 rings (SSSR count). The van der Waals surface area contributed by atoms with E-state index >= 15 is 0 Å². The lowest BCUT2D eigenvalue weighted by molar-refractivity contribution is 0.569. The van der Waals surface area contributed by atoms with Crippen LogP contribution < -0.4 is 5.73 Å². The van der Waals surface area contributed by atoms with Gasteiger partial charge in [0.05, 0.1) is 5.69 Å². The molecule has 0 radical (unpaired) electrons. The molecule has 3 heteroatoms. The van der Waals surface area contributed by atoms with E-state index in [1.54, 1.807) is 12.1 Å². The third kappa shape index (κ3) is 1.40. The molecule has 66 valence electrons. The van der Waals surface area contributed by atoms with Crippen molar-refractivity contribution in [2.75, 3.05) is 5.73 Å². The van der Waals surface area contributed by atoms with Gasteiger partial charge in [-0.3, -0.25) is 0 Å². The van der Waals surface area contributed by atoms with Crippen LogP contribution >= 0.6 is 0 Å². The van der Waals surface area contributed by atoms with E-state index in [9.17, 15) is 4.39 Å². The lowest BCUT2D eigenvalue weighted by Gasteiger charge is -1.97. The summed E-state index contributed by atoms with van der Waals surface area (Å²) >= 11 is 0. The number of nitrogen functional groups attached to an aromatic ring is 1. The Morgan fingerprint density at radius 3 is 2.69 bits per heavy atom. The van der Waals surface area contributed by atoms with Crippen molar-refractivity contribution in [1.29, 1.82) is 0 Å². The zero-order chi connectivity index (χ0) is 9.26. The van der Waals surface area contributed by atoms with Crippen LogP contribution in [0.5, 0.6) is 0 Å². The maximum Gasteiger partial charge on any atom is 0.123 e. The molecule has 2 nitrogen and oxygen atoms in total. The van der Waals surface area contributed by atoms with E-state index < -0.39 is 0 Å². The van der Waals surface area contributed by atoms with E-state index in [-0.39, 0.29) is 5.82 Å². The van der Waals surface area contributed by atoms with Gasteiger partial charge in [0.15, 0.2) is 0 Å². The van der Waals surface area contributed by atoms with Crippen molar-refractivity contribution in [1.82, 2.24) is 0 Å². The van der Waals surface area contributed by atoms with Crippen molar-refractivity contribution in [2.45, 2.75) is 0 Å². The number of anilines is 1. The van der Waals surface area contributed by atoms with Crippen molar-refractivity contribution in [3.05, 3.63) is 42.6 Å². The molecule has 0 bridgehead atoms. The summed E-state index contributed by atoms with van der Waals surface area (Å²) in [5, 5.41) is 0. The molecule has 13 heavy (non-hydrogen) atoms. The lowest BCUT2D eigenvalue weighted by atomic mass is 10.1. The third-order valence-corrected chi connectivity index (χ3v) is 1.83. The number of hydrogen-bond acceptors (Lipinski definition) is 2. The van der Waals surface area contributed by atoms with Crippen molar-refractivity contribution in [3.63, 3.8) is 0 Å². The average Bonchev–Trinajstić information content (AvgIpc) is 2.51. The fourth-order valence-electron chi connectivity index (χ4n) is 1.20. The van der Waals surface area contributed by atoms with Gasteiger partial charge in [-0.25, -0.2) is 4.39 Å². The predicted molar refractivity (Wildman–Crippen MR) is 48.5 cm³/mol. The van der Waals surface area contributed by atoms with Crippen LogP contribution in [0.2, 0.25) is 0 Å². The Balaban J connectivity index is 2.53. The van der Waals surface area contributed by atoms with Crippen LogP contribution in [0.15, 0.2) is 41.2 Å². The standard InChI is InChI=1S/C10H8FNO/c11-8-3-1-2-7(4-8)9-5-13-6-10(9)12/h1-6H,12H2. The highest BCUT2D eigenvalue weighted by atomic mass is 19.1. The molecule has 0 unspecified atom stereocenters. The summed E-state index contributed by atoms with van der Waals surface area (Å²) in [6.07, 6.45) is 2.93. The number of hydrogen-bond donors (Lipinski definition) is 1. The highest BCUT2D eigenvalue weighted by molar-refractivity contribution is 5.74. The fraction of sp³-hybridized carbons (Fsp3) is 0. The molecule has 0 atom stereocenters. The summed E-state index contributed by atoms with van der Waals surface area (Å²) in [5.74, 6) is -0.280. The first-order valence-corrected chi connectivity index (χ1v) is 3.85. The average molecular weight is 177 g/mol. The van der Waals surface area contributed by atoms with Crippen LogP contribution in [0.3, 0.4) is 0 Å². The first-order chi connectivity index (χ1) is 6.27. The van der Waals surface area contributed by atoms with Crippen molar-refractivity contribution in [2.24, 2.45) is 0 Å². The van der Waals surface area contributed by atoms with E-state index in [1.807, 2.05) is 0 Å². The third-order valence-electron chi connectivity index (χ3n) is 1.83. The molecule has 1 aromatic heterocycles. The summed E-state index contributed by atoms with van der Waals surface area (Å²) < 4.78 is 17.7. The molecule has 2 N–H and O–H groups in total. The molecule has 0 aliphatic rings. The highest BCUT2D eigenvalue weighted by Crippen LogP contribution is 2.26. The van der Waals surface area contributed by atoms with E-state index in [0.717, 1.165) is 11.1 Å². The second kappa shape index (κ2) is 2.94. The zero-order valence-electron chi connectivity index (χ0n) is 6.83. The van der Waals surface area contributed by atoms with E-state index in [4.69, 9.17) is 10.2 Å². The van der Waals surface area contributed by atoms with Gasteiger partial charge in [-0.2, -0.15) is 0 Å². The van der Waals surface area contributed by atoms with Gasteiger partial charge in [-0.1, -0.05) is 12.1 Å². The van der Waals surface area contributed by atoms with Crippen LogP contribution in [0.4, 0.5) is 10.1 Å². The molecule has 1 heterocycles. The lowest BCUT2D eigenvalue weighted by Crippen LogP contribution is -1.85. The van der Waals surface area contributed by atoms with E-state index in [1.165, 1.54) is 24.7 Å². The Morgan fingerprint density at radius 2 is 2.08 bits per heavy atom. The zero-order valence-corrected chi connectivity index (χ0v) is 6.83.